The SMILES string of the molecule is C[Si]1(C)O[Si](C)(C)c2cccc(n2)[Si](C)(C)O[Si](C)(C)c2cccc1n2. The number of aromatic nitrogens is 2. The minimum absolute atomic E-state index is 1.11. The Morgan fingerprint density at radius 3 is 0.962 bits per heavy atom. The molecule has 0 radical (unpaired) electrons. The first-order valence-electron chi connectivity index (χ1n) is 9.20. The number of hydrogen-bond acceptors (Lipinski definition) is 4. The van der Waals surface area contributed by atoms with Gasteiger partial charge in [0.05, 0.1) is 21.3 Å². The second-order valence-corrected chi connectivity index (χ2v) is 24.8. The summed E-state index contributed by atoms with van der Waals surface area (Å²) in [5, 5.41) is 4.43. The number of nitrogens with zero attached hydrogens (tertiary/aromatic N) is 2. The van der Waals surface area contributed by atoms with Crippen LogP contribution in [0, 0.1) is 0 Å². The molecule has 2 aromatic heterocycles. The molecular formula is C18H30N2O2Si4. The number of hydrogen-bond donors (Lipinski definition) is 0. The Balaban J connectivity index is 2.25. The van der Waals surface area contributed by atoms with Crippen LogP contribution in [0.5, 0.6) is 0 Å². The lowest BCUT2D eigenvalue weighted by Gasteiger charge is -2.37. The van der Waals surface area contributed by atoms with Gasteiger partial charge >= 0.3 is 0 Å². The summed E-state index contributed by atoms with van der Waals surface area (Å²) in [6, 6.07) is 12.8. The average Bonchev–Trinajstić information content (AvgIpc) is 2.52. The van der Waals surface area contributed by atoms with Crippen LogP contribution in [0.25, 0.3) is 0 Å². The Bertz CT molecular complexity index is 709. The Kier molecular flexibility index (Phi) is 4.82. The summed E-state index contributed by atoms with van der Waals surface area (Å²) in [7, 11) is -8.59. The number of fused-ring (bicyclic) bond motifs is 4. The lowest BCUT2D eigenvalue weighted by Crippen LogP contribution is -2.65. The van der Waals surface area contributed by atoms with Gasteiger partial charge in [0.2, 0.25) is 33.3 Å². The molecule has 8 heteroatoms. The lowest BCUT2D eigenvalue weighted by molar-refractivity contribution is 0.565. The van der Waals surface area contributed by atoms with E-state index in [0.717, 1.165) is 21.3 Å². The van der Waals surface area contributed by atoms with Crippen LogP contribution in [-0.2, 0) is 8.23 Å². The van der Waals surface area contributed by atoms with E-state index in [4.69, 9.17) is 18.2 Å². The van der Waals surface area contributed by atoms with Crippen LogP contribution in [0.2, 0.25) is 52.4 Å². The van der Waals surface area contributed by atoms with E-state index >= 15 is 0 Å². The molecule has 0 amide bonds. The van der Waals surface area contributed by atoms with E-state index in [-0.39, 0.29) is 0 Å². The second-order valence-electron chi connectivity index (χ2n) is 9.06. The minimum atomic E-state index is -2.15. The minimum Gasteiger partial charge on any atom is -0.447 e. The summed E-state index contributed by atoms with van der Waals surface area (Å²) in [6.07, 6.45) is 0. The Morgan fingerprint density at radius 2 is 0.731 bits per heavy atom. The van der Waals surface area contributed by atoms with Gasteiger partial charge in [0.1, 0.15) is 0 Å². The Morgan fingerprint density at radius 1 is 0.500 bits per heavy atom. The zero-order valence-electron chi connectivity index (χ0n) is 17.2. The zero-order chi connectivity index (χ0) is 19.4. The van der Waals surface area contributed by atoms with Crippen molar-refractivity contribution in [2.75, 3.05) is 0 Å². The molecule has 4 nitrogen and oxygen atoms in total. The summed E-state index contributed by atoms with van der Waals surface area (Å²) in [5.74, 6) is 0. The lowest BCUT2D eigenvalue weighted by atomic mass is 10.5. The average molecular weight is 419 g/mol. The molecule has 1 aliphatic rings. The van der Waals surface area contributed by atoms with Gasteiger partial charge < -0.3 is 8.23 Å². The summed E-state index contributed by atoms with van der Waals surface area (Å²) in [5.41, 5.74) is 0. The smallest absolute Gasteiger partial charge is 0.226 e. The predicted molar refractivity (Wildman–Crippen MR) is 119 cm³/mol. The fraction of sp³-hybridized carbons (Fsp3) is 0.444. The van der Waals surface area contributed by atoms with E-state index in [1.165, 1.54) is 0 Å². The van der Waals surface area contributed by atoms with Crippen molar-refractivity contribution in [1.82, 2.24) is 9.97 Å². The molecule has 0 N–H and O–H groups in total. The zero-order valence-corrected chi connectivity index (χ0v) is 21.2. The quantitative estimate of drug-likeness (QED) is 0.613. The topological polar surface area (TPSA) is 44.2 Å². The molecule has 0 saturated heterocycles. The standard InChI is InChI=1S/C18H30N2O2Si4/c1-23(2)15-11-9-12-16(19-15)25(5,6)22-26(7,8)18-14-10-13-17(20-18)24(3,4)21-23/h9-14H,1-8H3. The third kappa shape index (κ3) is 3.71. The molecule has 0 atom stereocenters. The highest BCUT2D eigenvalue weighted by molar-refractivity contribution is 6.98. The highest BCUT2D eigenvalue weighted by atomic mass is 28.4. The molecule has 0 spiro atoms. The molecule has 1 aliphatic heterocycles. The van der Waals surface area contributed by atoms with Crippen molar-refractivity contribution in [3.8, 4) is 0 Å². The molecule has 0 unspecified atom stereocenters. The summed E-state index contributed by atoms with van der Waals surface area (Å²) in [4.78, 5) is 10.2. The maximum absolute atomic E-state index is 6.86. The maximum atomic E-state index is 6.86. The van der Waals surface area contributed by atoms with Gasteiger partial charge in [-0.25, -0.2) is 0 Å². The van der Waals surface area contributed by atoms with Crippen LogP contribution >= 0.6 is 0 Å². The molecule has 0 aromatic carbocycles. The van der Waals surface area contributed by atoms with Crippen LogP contribution in [0.4, 0.5) is 0 Å². The van der Waals surface area contributed by atoms with E-state index in [1.54, 1.807) is 0 Å². The number of pyridine rings is 2. The molecule has 26 heavy (non-hydrogen) atoms. The van der Waals surface area contributed by atoms with Crippen molar-refractivity contribution >= 4 is 54.5 Å². The fourth-order valence-corrected chi connectivity index (χ4v) is 19.3. The van der Waals surface area contributed by atoms with Gasteiger partial charge in [-0.1, -0.05) is 12.1 Å². The van der Waals surface area contributed by atoms with Gasteiger partial charge in [-0.15, -0.1) is 0 Å². The van der Waals surface area contributed by atoms with E-state index in [9.17, 15) is 0 Å². The second kappa shape index (κ2) is 6.32. The molecule has 0 fully saturated rings. The van der Waals surface area contributed by atoms with Crippen LogP contribution in [0.15, 0.2) is 36.4 Å². The van der Waals surface area contributed by atoms with E-state index < -0.39 is 33.3 Å². The van der Waals surface area contributed by atoms with Gasteiger partial charge in [-0.3, -0.25) is 9.97 Å². The van der Waals surface area contributed by atoms with Gasteiger partial charge in [-0.05, 0) is 76.6 Å². The highest BCUT2D eigenvalue weighted by Crippen LogP contribution is 2.17. The van der Waals surface area contributed by atoms with Crippen LogP contribution in [-0.4, -0.2) is 43.2 Å². The van der Waals surface area contributed by atoms with Crippen molar-refractivity contribution in [1.29, 1.82) is 0 Å². The third-order valence-electron chi connectivity index (χ3n) is 4.99. The fourth-order valence-electron chi connectivity index (χ4n) is 3.70. The predicted octanol–water partition coefficient (Wildman–Crippen LogP) is 1.87. The summed E-state index contributed by atoms with van der Waals surface area (Å²) in [6.45, 7) is 18.0. The van der Waals surface area contributed by atoms with Crippen molar-refractivity contribution in [2.45, 2.75) is 52.4 Å². The van der Waals surface area contributed by atoms with Crippen LogP contribution in [0.3, 0.4) is 0 Å². The largest absolute Gasteiger partial charge is 0.447 e. The van der Waals surface area contributed by atoms with Crippen molar-refractivity contribution < 1.29 is 8.23 Å². The van der Waals surface area contributed by atoms with Gasteiger partial charge in [-0.2, -0.15) is 0 Å². The molecule has 2 aromatic rings. The molecular weight excluding hydrogens is 389 g/mol. The monoisotopic (exact) mass is 418 g/mol. The highest BCUT2D eigenvalue weighted by Gasteiger charge is 2.43. The third-order valence-corrected chi connectivity index (χ3v) is 19.2. The Labute approximate surface area is 161 Å². The summed E-state index contributed by atoms with van der Waals surface area (Å²) < 4.78 is 13.7. The molecule has 0 saturated carbocycles. The van der Waals surface area contributed by atoms with Crippen molar-refractivity contribution in [3.63, 3.8) is 0 Å². The molecule has 140 valence electrons. The first-order valence-corrected chi connectivity index (χ1v) is 20.8. The van der Waals surface area contributed by atoms with E-state index in [0.29, 0.717) is 0 Å². The molecule has 4 bridgehead atoms. The van der Waals surface area contributed by atoms with Gasteiger partial charge in [0.25, 0.3) is 0 Å². The first-order chi connectivity index (χ1) is 11.8. The summed E-state index contributed by atoms with van der Waals surface area (Å²) >= 11 is 0. The Hall–Kier alpha value is -0.912. The molecule has 3 heterocycles. The molecule has 0 aliphatic carbocycles. The maximum Gasteiger partial charge on any atom is 0.226 e. The van der Waals surface area contributed by atoms with Gasteiger partial charge in [0, 0.05) is 0 Å². The van der Waals surface area contributed by atoms with E-state index in [1.807, 2.05) is 0 Å². The molecule has 3 rings (SSSR count). The van der Waals surface area contributed by atoms with E-state index in [2.05, 4.69) is 88.8 Å². The number of rotatable bonds is 0. The van der Waals surface area contributed by atoms with Crippen LogP contribution in [0.1, 0.15) is 0 Å². The van der Waals surface area contributed by atoms with Crippen molar-refractivity contribution in [2.24, 2.45) is 0 Å². The van der Waals surface area contributed by atoms with Gasteiger partial charge in [0.15, 0.2) is 0 Å². The first kappa shape index (κ1) is 19.8. The normalized spacial score (nSPS) is 22.8. The van der Waals surface area contributed by atoms with Crippen LogP contribution < -0.4 is 21.3 Å². The van der Waals surface area contributed by atoms with Crippen molar-refractivity contribution in [3.05, 3.63) is 36.4 Å².